The maximum Gasteiger partial charge on any atom is 0.421 e. The molecule has 3 heterocycles. The van der Waals surface area contributed by atoms with Crippen LogP contribution in [0.25, 0.3) is 0 Å². The number of ether oxygens (including phenoxy) is 1. The molecule has 1 fully saturated rings. The monoisotopic (exact) mass is 620 g/mol. The number of fused-ring (bicyclic) bond motifs is 1. The van der Waals surface area contributed by atoms with Crippen molar-refractivity contribution in [1.29, 1.82) is 0 Å². The zero-order valence-electron chi connectivity index (χ0n) is 23.8. The Hall–Kier alpha value is -3.71. The Kier molecular flexibility index (Phi) is 8.41. The summed E-state index contributed by atoms with van der Waals surface area (Å²) in [4.78, 5) is 43.5. The summed E-state index contributed by atoms with van der Waals surface area (Å²) in [6.45, 7) is 2.21. The van der Waals surface area contributed by atoms with Gasteiger partial charge in [0.2, 0.25) is 5.95 Å². The number of aromatic nitrogens is 2. The normalized spacial score (nSPS) is 16.4. The van der Waals surface area contributed by atoms with Crippen molar-refractivity contribution in [1.82, 2.24) is 19.8 Å². The van der Waals surface area contributed by atoms with E-state index in [2.05, 4.69) is 32.5 Å². The molecule has 0 atom stereocenters. The number of carbonyl (C=O) groups excluding carboxylic acids is 1. The van der Waals surface area contributed by atoms with Gasteiger partial charge in [-0.1, -0.05) is 12.1 Å². The molecule has 11 nitrogen and oxygen atoms in total. The lowest BCUT2D eigenvalue weighted by molar-refractivity contribution is -0.137. The summed E-state index contributed by atoms with van der Waals surface area (Å²) in [7, 11) is 0.730. The van der Waals surface area contributed by atoms with Crippen molar-refractivity contribution in [3.63, 3.8) is 0 Å². The highest BCUT2D eigenvalue weighted by Crippen LogP contribution is 2.43. The van der Waals surface area contributed by atoms with Crippen LogP contribution in [0.15, 0.2) is 36.5 Å². The molecular formula is C28H32F3N6O5P. The van der Waals surface area contributed by atoms with Gasteiger partial charge in [0, 0.05) is 19.8 Å². The molecule has 0 spiro atoms. The third-order valence-corrected chi connectivity index (χ3v) is 8.49. The molecule has 0 aliphatic carbocycles. The van der Waals surface area contributed by atoms with Crippen LogP contribution in [0.5, 0.6) is 5.75 Å². The van der Waals surface area contributed by atoms with Gasteiger partial charge in [0.25, 0.3) is 5.91 Å². The highest BCUT2D eigenvalue weighted by molar-refractivity contribution is 7.50. The summed E-state index contributed by atoms with van der Waals surface area (Å²) in [5.74, 6) is -0.589. The minimum Gasteiger partial charge on any atom is -0.495 e. The third-order valence-electron chi connectivity index (χ3n) is 7.71. The van der Waals surface area contributed by atoms with Crippen LogP contribution in [0, 0.1) is 0 Å². The summed E-state index contributed by atoms with van der Waals surface area (Å²) in [6.07, 6.45) is -2.80. The highest BCUT2D eigenvalue weighted by atomic mass is 31.2. The van der Waals surface area contributed by atoms with E-state index < -0.39 is 31.3 Å². The van der Waals surface area contributed by atoms with Gasteiger partial charge in [-0.25, -0.2) is 4.98 Å². The van der Waals surface area contributed by atoms with E-state index in [-0.39, 0.29) is 34.9 Å². The number of benzene rings is 2. The van der Waals surface area contributed by atoms with Crippen molar-refractivity contribution in [2.75, 3.05) is 44.9 Å². The van der Waals surface area contributed by atoms with Gasteiger partial charge in [-0.3, -0.25) is 9.36 Å². The largest absolute Gasteiger partial charge is 0.495 e. The Bertz CT molecular complexity index is 1590. The van der Waals surface area contributed by atoms with Gasteiger partial charge in [0.1, 0.15) is 17.1 Å². The average molecular weight is 621 g/mol. The molecule has 1 saturated heterocycles. The fraction of sp³-hybridized carbons (Fsp3) is 0.393. The first-order valence-corrected chi connectivity index (χ1v) is 15.3. The van der Waals surface area contributed by atoms with Crippen molar-refractivity contribution < 1.29 is 37.1 Å². The molecule has 4 N–H and O–H groups in total. The Balaban J connectivity index is 1.50. The van der Waals surface area contributed by atoms with Crippen LogP contribution in [0.1, 0.15) is 51.4 Å². The molecule has 43 heavy (non-hydrogen) atoms. The number of amides is 1. The number of halogens is 3. The van der Waals surface area contributed by atoms with Crippen molar-refractivity contribution in [2.45, 2.75) is 37.6 Å². The zero-order chi connectivity index (χ0) is 31.1. The number of alkyl halides is 3. The van der Waals surface area contributed by atoms with Crippen LogP contribution < -0.4 is 15.4 Å². The van der Waals surface area contributed by atoms with Crippen LogP contribution in [0.4, 0.5) is 36.3 Å². The van der Waals surface area contributed by atoms with Gasteiger partial charge >= 0.3 is 13.8 Å². The number of anilines is 4. The Morgan fingerprint density at radius 2 is 1.79 bits per heavy atom. The molecule has 0 radical (unpaired) electrons. The SMILES string of the molecule is COc1cc(CP(=O)(O)O)ccc1Nc1ncc(C(F)(F)F)c(Nc2ccc(C3CCN(C)CC3)c3c2C(=O)N(C)C3)n1. The van der Waals surface area contributed by atoms with E-state index in [1.165, 1.54) is 25.3 Å². The fourth-order valence-electron chi connectivity index (χ4n) is 5.55. The number of nitrogens with zero attached hydrogens (tertiary/aromatic N) is 4. The van der Waals surface area contributed by atoms with Crippen LogP contribution in [0.2, 0.25) is 0 Å². The van der Waals surface area contributed by atoms with Gasteiger partial charge in [-0.15, -0.1) is 0 Å². The Labute approximate surface area is 246 Å². The smallest absolute Gasteiger partial charge is 0.421 e. The van der Waals surface area contributed by atoms with Gasteiger partial charge < -0.3 is 35.0 Å². The lowest BCUT2D eigenvalue weighted by Crippen LogP contribution is -2.29. The number of hydrogen-bond acceptors (Lipinski definition) is 8. The van der Waals surface area contributed by atoms with E-state index >= 15 is 0 Å². The van der Waals surface area contributed by atoms with Crippen LogP contribution in [0.3, 0.4) is 0 Å². The summed E-state index contributed by atoms with van der Waals surface area (Å²) >= 11 is 0. The lowest BCUT2D eigenvalue weighted by Gasteiger charge is -2.30. The number of piperidine rings is 1. The van der Waals surface area contributed by atoms with Gasteiger partial charge in [-0.05, 0) is 73.8 Å². The topological polar surface area (TPSA) is 140 Å². The zero-order valence-corrected chi connectivity index (χ0v) is 24.7. The Morgan fingerprint density at radius 3 is 2.44 bits per heavy atom. The van der Waals surface area contributed by atoms with Crippen molar-refractivity contribution in [3.8, 4) is 5.75 Å². The van der Waals surface area contributed by atoms with Gasteiger partial charge in [0.05, 0.1) is 30.2 Å². The maximum atomic E-state index is 14.1. The summed E-state index contributed by atoms with van der Waals surface area (Å²) in [6, 6.07) is 7.84. The second-order valence-electron chi connectivity index (χ2n) is 10.9. The van der Waals surface area contributed by atoms with Crippen molar-refractivity contribution in [2.24, 2.45) is 0 Å². The molecule has 230 valence electrons. The minimum atomic E-state index is -4.79. The number of rotatable bonds is 8. The van der Waals surface area contributed by atoms with E-state index in [4.69, 9.17) is 4.74 Å². The third kappa shape index (κ3) is 6.77. The molecule has 2 aromatic carbocycles. The molecule has 0 saturated carbocycles. The minimum absolute atomic E-state index is 0.180. The molecule has 1 aromatic heterocycles. The molecule has 2 aliphatic heterocycles. The quantitative estimate of drug-likeness (QED) is 0.253. The summed E-state index contributed by atoms with van der Waals surface area (Å²) < 4.78 is 58.9. The first kappa shape index (κ1) is 30.7. The molecule has 0 unspecified atom stereocenters. The lowest BCUT2D eigenvalue weighted by atomic mass is 9.85. The average Bonchev–Trinajstić information content (AvgIpc) is 3.23. The summed E-state index contributed by atoms with van der Waals surface area (Å²) in [5.41, 5.74) is 1.86. The van der Waals surface area contributed by atoms with E-state index in [1.54, 1.807) is 18.0 Å². The van der Waals surface area contributed by atoms with Gasteiger partial charge in [0.15, 0.2) is 0 Å². The molecule has 1 amide bonds. The number of hydrogen-bond donors (Lipinski definition) is 4. The predicted molar refractivity (Wildman–Crippen MR) is 154 cm³/mol. The van der Waals surface area contributed by atoms with Crippen LogP contribution in [-0.2, 0) is 23.4 Å². The molecule has 5 rings (SSSR count). The summed E-state index contributed by atoms with van der Waals surface area (Å²) in [5, 5.41) is 5.59. The van der Waals surface area contributed by atoms with Crippen LogP contribution >= 0.6 is 7.60 Å². The van der Waals surface area contributed by atoms with Gasteiger partial charge in [-0.2, -0.15) is 18.2 Å². The standard InChI is InChI=1S/C28H32F3N6O5P/c1-36-10-8-17(9-11-36)18-5-7-22(24-19(18)14-37(2)26(24)38)33-25-20(28(29,30)31)13-32-27(35-25)34-21-6-4-16(12-23(21)42-3)15-43(39,40)41/h4-7,12-13,17H,8-11,14-15H2,1-3H3,(H2,39,40,41)(H2,32,33,34,35). The number of methoxy groups -OCH3 is 1. The first-order chi connectivity index (χ1) is 20.2. The molecule has 3 aromatic rings. The molecule has 0 bridgehead atoms. The second-order valence-corrected chi connectivity index (χ2v) is 12.5. The Morgan fingerprint density at radius 1 is 1.09 bits per heavy atom. The number of likely N-dealkylation sites (tertiary alicyclic amines) is 1. The van der Waals surface area contributed by atoms with E-state index in [0.717, 1.165) is 37.1 Å². The number of carbonyl (C=O) groups is 1. The van der Waals surface area contributed by atoms with Crippen molar-refractivity contribution >= 4 is 36.6 Å². The van der Waals surface area contributed by atoms with E-state index in [1.807, 2.05) is 6.07 Å². The van der Waals surface area contributed by atoms with E-state index in [0.29, 0.717) is 23.9 Å². The molecular weight excluding hydrogens is 588 g/mol. The first-order valence-electron chi connectivity index (χ1n) is 13.5. The van der Waals surface area contributed by atoms with Crippen LogP contribution in [-0.4, -0.2) is 69.8 Å². The van der Waals surface area contributed by atoms with Crippen molar-refractivity contribution in [3.05, 3.63) is 64.3 Å². The predicted octanol–water partition coefficient (Wildman–Crippen LogP) is 5.06. The fourth-order valence-corrected chi connectivity index (χ4v) is 6.22. The number of nitrogens with one attached hydrogen (secondary N) is 2. The van der Waals surface area contributed by atoms with E-state index in [9.17, 15) is 32.3 Å². The maximum absolute atomic E-state index is 14.1. The second kappa shape index (κ2) is 11.8. The molecule has 15 heteroatoms. The molecule has 2 aliphatic rings. The highest BCUT2D eigenvalue weighted by Gasteiger charge is 2.37.